The second-order valence-corrected chi connectivity index (χ2v) is 4.97. The third-order valence-electron chi connectivity index (χ3n) is 3.03. The van der Waals surface area contributed by atoms with Crippen molar-refractivity contribution in [1.82, 2.24) is 0 Å². The molecule has 0 aliphatic heterocycles. The molecule has 2 rings (SSSR count). The van der Waals surface area contributed by atoms with E-state index in [1.165, 1.54) is 0 Å². The van der Waals surface area contributed by atoms with Crippen LogP contribution < -0.4 is 21.3 Å². The van der Waals surface area contributed by atoms with E-state index in [9.17, 15) is 9.59 Å². The average molecular weight is 298 g/mol. The summed E-state index contributed by atoms with van der Waals surface area (Å²) in [4.78, 5) is 25.0. The Bertz CT molecular complexity index is 681. The molecule has 2 aromatic carbocycles. The highest BCUT2D eigenvalue weighted by Crippen LogP contribution is 2.17. The van der Waals surface area contributed by atoms with Gasteiger partial charge in [-0.15, -0.1) is 0 Å². The molecule has 0 saturated heterocycles. The summed E-state index contributed by atoms with van der Waals surface area (Å²) < 4.78 is 0. The average Bonchev–Trinajstić information content (AvgIpc) is 2.47. The second kappa shape index (κ2) is 6.62. The van der Waals surface area contributed by atoms with Crippen LogP contribution >= 0.6 is 0 Å². The van der Waals surface area contributed by atoms with Crippen LogP contribution in [0.2, 0.25) is 0 Å². The van der Waals surface area contributed by atoms with Gasteiger partial charge in [0.1, 0.15) is 0 Å². The molecular weight excluding hydrogens is 280 g/mol. The molecule has 4 N–H and O–H groups in total. The number of urea groups is 1. The van der Waals surface area contributed by atoms with E-state index < -0.39 is 6.03 Å². The number of benzene rings is 2. The van der Waals surface area contributed by atoms with E-state index in [0.29, 0.717) is 16.9 Å². The number of anilines is 3. The van der Waals surface area contributed by atoms with Crippen LogP contribution in [0.1, 0.15) is 10.4 Å². The van der Waals surface area contributed by atoms with Crippen LogP contribution in [0.15, 0.2) is 48.5 Å². The van der Waals surface area contributed by atoms with E-state index >= 15 is 0 Å². The molecule has 6 nitrogen and oxygen atoms in total. The van der Waals surface area contributed by atoms with Crippen LogP contribution in [-0.4, -0.2) is 26.0 Å². The summed E-state index contributed by atoms with van der Waals surface area (Å²) in [6.07, 6.45) is 0. The summed E-state index contributed by atoms with van der Waals surface area (Å²) in [5.41, 5.74) is 7.71. The summed E-state index contributed by atoms with van der Waals surface area (Å²) in [5, 5.41) is 5.24. The van der Waals surface area contributed by atoms with Crippen molar-refractivity contribution in [3.05, 3.63) is 54.1 Å². The number of amides is 3. The van der Waals surface area contributed by atoms with Gasteiger partial charge in [0.05, 0.1) is 0 Å². The van der Waals surface area contributed by atoms with Crippen molar-refractivity contribution in [1.29, 1.82) is 0 Å². The molecule has 22 heavy (non-hydrogen) atoms. The third-order valence-corrected chi connectivity index (χ3v) is 3.03. The number of rotatable bonds is 4. The minimum atomic E-state index is -0.670. The Kier molecular flexibility index (Phi) is 4.63. The zero-order valence-electron chi connectivity index (χ0n) is 12.5. The highest BCUT2D eigenvalue weighted by atomic mass is 16.2. The molecule has 0 heterocycles. The quantitative estimate of drug-likeness (QED) is 0.810. The molecule has 0 unspecified atom stereocenters. The molecule has 0 fully saturated rings. The van der Waals surface area contributed by atoms with Crippen LogP contribution in [0, 0.1) is 0 Å². The van der Waals surface area contributed by atoms with Crippen molar-refractivity contribution in [3.8, 4) is 0 Å². The van der Waals surface area contributed by atoms with Crippen molar-refractivity contribution in [2.75, 3.05) is 29.6 Å². The number of hydrogen-bond acceptors (Lipinski definition) is 3. The lowest BCUT2D eigenvalue weighted by atomic mass is 10.2. The van der Waals surface area contributed by atoms with Crippen LogP contribution in [0.5, 0.6) is 0 Å². The Morgan fingerprint density at radius 1 is 0.955 bits per heavy atom. The first-order valence-corrected chi connectivity index (χ1v) is 6.71. The number of hydrogen-bond donors (Lipinski definition) is 3. The second-order valence-electron chi connectivity index (χ2n) is 4.97. The summed E-state index contributed by atoms with van der Waals surface area (Å²) in [6, 6.07) is 13.4. The molecule has 2 aromatic rings. The maximum Gasteiger partial charge on any atom is 0.316 e. The maximum atomic E-state index is 12.2. The zero-order valence-corrected chi connectivity index (χ0v) is 12.5. The van der Waals surface area contributed by atoms with E-state index in [2.05, 4.69) is 10.6 Å². The van der Waals surface area contributed by atoms with Gasteiger partial charge >= 0.3 is 6.03 Å². The molecular formula is C16H18N4O2. The fourth-order valence-electron chi connectivity index (χ4n) is 1.93. The molecule has 0 aliphatic carbocycles. The molecule has 114 valence electrons. The van der Waals surface area contributed by atoms with Gasteiger partial charge in [-0.25, -0.2) is 4.79 Å². The van der Waals surface area contributed by atoms with Crippen LogP contribution in [0.3, 0.4) is 0 Å². The van der Waals surface area contributed by atoms with Gasteiger partial charge in [-0.2, -0.15) is 0 Å². The van der Waals surface area contributed by atoms with Gasteiger partial charge in [0, 0.05) is 36.7 Å². The van der Waals surface area contributed by atoms with E-state index in [1.54, 1.807) is 24.3 Å². The lowest BCUT2D eigenvalue weighted by Crippen LogP contribution is -2.19. The third kappa shape index (κ3) is 3.99. The molecule has 0 spiro atoms. The molecule has 6 heteroatoms. The summed E-state index contributed by atoms with van der Waals surface area (Å²) >= 11 is 0. The first-order valence-electron chi connectivity index (χ1n) is 6.71. The predicted octanol–water partition coefficient (Wildman–Crippen LogP) is 2.50. The fourth-order valence-corrected chi connectivity index (χ4v) is 1.93. The summed E-state index contributed by atoms with van der Waals surface area (Å²) in [5.74, 6) is -0.259. The SMILES string of the molecule is CN(C)c1ccc(NC(=O)c2cccc(NC(N)=O)c2)cc1. The summed E-state index contributed by atoms with van der Waals surface area (Å²) in [7, 11) is 3.90. The van der Waals surface area contributed by atoms with Gasteiger partial charge < -0.3 is 21.3 Å². The molecule has 0 saturated carbocycles. The standard InChI is InChI=1S/C16H18N4O2/c1-20(2)14-8-6-12(7-9-14)18-15(21)11-4-3-5-13(10-11)19-16(17)22/h3-10H,1-2H3,(H,18,21)(H3,17,19,22). The first-order chi connectivity index (χ1) is 10.5. The lowest BCUT2D eigenvalue weighted by Gasteiger charge is -2.13. The number of primary amides is 1. The predicted molar refractivity (Wildman–Crippen MR) is 88.4 cm³/mol. The number of carbonyl (C=O) groups is 2. The highest BCUT2D eigenvalue weighted by molar-refractivity contribution is 6.05. The molecule has 0 atom stereocenters. The molecule has 0 bridgehead atoms. The molecule has 3 amide bonds. The Balaban J connectivity index is 2.10. The van der Waals surface area contributed by atoms with E-state index in [1.807, 2.05) is 43.3 Å². The Hall–Kier alpha value is -3.02. The largest absolute Gasteiger partial charge is 0.378 e. The monoisotopic (exact) mass is 298 g/mol. The van der Waals surface area contributed by atoms with Crippen molar-refractivity contribution in [3.63, 3.8) is 0 Å². The van der Waals surface area contributed by atoms with Gasteiger partial charge in [0.15, 0.2) is 0 Å². The van der Waals surface area contributed by atoms with Gasteiger partial charge in [0.25, 0.3) is 5.91 Å². The number of carbonyl (C=O) groups excluding carboxylic acids is 2. The normalized spacial score (nSPS) is 9.91. The van der Waals surface area contributed by atoms with Crippen LogP contribution in [-0.2, 0) is 0 Å². The lowest BCUT2D eigenvalue weighted by molar-refractivity contribution is 0.102. The number of nitrogens with two attached hydrogens (primary N) is 1. The number of nitrogens with zero attached hydrogens (tertiary/aromatic N) is 1. The van der Waals surface area contributed by atoms with E-state index in [0.717, 1.165) is 5.69 Å². The van der Waals surface area contributed by atoms with Crippen LogP contribution in [0.4, 0.5) is 21.9 Å². The van der Waals surface area contributed by atoms with E-state index in [-0.39, 0.29) is 5.91 Å². The molecule has 0 radical (unpaired) electrons. The van der Waals surface area contributed by atoms with Gasteiger partial charge in [0.2, 0.25) is 0 Å². The van der Waals surface area contributed by atoms with Crippen molar-refractivity contribution < 1.29 is 9.59 Å². The van der Waals surface area contributed by atoms with Gasteiger partial charge in [-0.3, -0.25) is 4.79 Å². The Morgan fingerprint density at radius 3 is 2.23 bits per heavy atom. The van der Waals surface area contributed by atoms with Crippen molar-refractivity contribution in [2.24, 2.45) is 5.73 Å². The Labute approximate surface area is 128 Å². The zero-order chi connectivity index (χ0) is 16.1. The van der Waals surface area contributed by atoms with Crippen molar-refractivity contribution in [2.45, 2.75) is 0 Å². The van der Waals surface area contributed by atoms with Gasteiger partial charge in [-0.1, -0.05) is 6.07 Å². The Morgan fingerprint density at radius 2 is 1.64 bits per heavy atom. The minimum absolute atomic E-state index is 0.259. The molecule has 0 aromatic heterocycles. The minimum Gasteiger partial charge on any atom is -0.378 e. The van der Waals surface area contributed by atoms with E-state index in [4.69, 9.17) is 5.73 Å². The van der Waals surface area contributed by atoms with Crippen LogP contribution in [0.25, 0.3) is 0 Å². The first kappa shape index (κ1) is 15.4. The smallest absolute Gasteiger partial charge is 0.316 e. The molecule has 0 aliphatic rings. The highest BCUT2D eigenvalue weighted by Gasteiger charge is 2.07. The van der Waals surface area contributed by atoms with Gasteiger partial charge in [-0.05, 0) is 42.5 Å². The summed E-state index contributed by atoms with van der Waals surface area (Å²) in [6.45, 7) is 0. The maximum absolute atomic E-state index is 12.2. The topological polar surface area (TPSA) is 87.5 Å². The fraction of sp³-hybridized carbons (Fsp3) is 0.125. The van der Waals surface area contributed by atoms with Crippen molar-refractivity contribution >= 4 is 29.0 Å². The number of nitrogens with one attached hydrogen (secondary N) is 2.